The van der Waals surface area contributed by atoms with Crippen LogP contribution in [0.15, 0.2) is 24.3 Å². The molecule has 0 fully saturated rings. The van der Waals surface area contributed by atoms with Crippen molar-refractivity contribution in [3.05, 3.63) is 35.4 Å². The number of rotatable bonds is 4. The Labute approximate surface area is 97.6 Å². The second kappa shape index (κ2) is 5.31. The van der Waals surface area contributed by atoms with Gasteiger partial charge in [-0.05, 0) is 11.6 Å². The van der Waals surface area contributed by atoms with Crippen molar-refractivity contribution in [2.45, 2.75) is 19.5 Å². The third-order valence-corrected chi connectivity index (χ3v) is 2.54. The zero-order valence-corrected chi connectivity index (χ0v) is 9.42. The Hall–Kier alpha value is -1.36. The molecule has 0 spiro atoms. The minimum absolute atomic E-state index is 0.0116. The largest absolute Gasteiger partial charge is 0.416 e. The van der Waals surface area contributed by atoms with E-state index in [0.29, 0.717) is 5.56 Å². The van der Waals surface area contributed by atoms with E-state index in [9.17, 15) is 18.0 Å². The Bertz CT molecular complexity index is 401. The van der Waals surface area contributed by atoms with Crippen molar-refractivity contribution in [3.63, 3.8) is 0 Å². The number of carbonyl (C=O) groups excluding carboxylic acids is 1. The molecule has 1 aromatic rings. The number of Topliss-reactive ketones (excluding diaryl/α,β-unsaturated/α-hetero) is 1. The summed E-state index contributed by atoms with van der Waals surface area (Å²) >= 11 is 0. The van der Waals surface area contributed by atoms with E-state index in [1.165, 1.54) is 12.1 Å². The summed E-state index contributed by atoms with van der Waals surface area (Å²) in [6.07, 6.45) is -4.39. The monoisotopic (exact) mass is 245 g/mol. The summed E-state index contributed by atoms with van der Waals surface area (Å²) in [5.74, 6) is -0.476. The van der Waals surface area contributed by atoms with Gasteiger partial charge in [0.1, 0.15) is 5.78 Å². The lowest BCUT2D eigenvalue weighted by atomic mass is 9.98. The maximum absolute atomic E-state index is 12.4. The molecule has 0 saturated heterocycles. The lowest BCUT2D eigenvalue weighted by molar-refractivity contribution is -0.137. The average molecular weight is 245 g/mol. The highest BCUT2D eigenvalue weighted by Gasteiger charge is 2.30. The zero-order valence-electron chi connectivity index (χ0n) is 9.42. The van der Waals surface area contributed by atoms with Gasteiger partial charge in [-0.1, -0.05) is 25.1 Å². The van der Waals surface area contributed by atoms with Crippen molar-refractivity contribution in [1.29, 1.82) is 0 Å². The summed E-state index contributed by atoms with van der Waals surface area (Å²) in [6, 6.07) is 4.80. The number of nitrogens with two attached hydrogens (primary N) is 1. The molecule has 0 bridgehead atoms. The number of alkyl halides is 3. The minimum atomic E-state index is -4.38. The quantitative estimate of drug-likeness (QED) is 0.885. The van der Waals surface area contributed by atoms with Crippen molar-refractivity contribution < 1.29 is 18.0 Å². The fourth-order valence-corrected chi connectivity index (χ4v) is 1.36. The predicted octanol–water partition coefficient (Wildman–Crippen LogP) is 2.41. The number of ketones is 1. The average Bonchev–Trinajstić information content (AvgIpc) is 2.27. The molecule has 2 N–H and O–H groups in total. The molecule has 0 aliphatic heterocycles. The van der Waals surface area contributed by atoms with Crippen LogP contribution in [0.5, 0.6) is 0 Å². The van der Waals surface area contributed by atoms with Crippen LogP contribution >= 0.6 is 0 Å². The van der Waals surface area contributed by atoms with E-state index in [1.54, 1.807) is 6.92 Å². The van der Waals surface area contributed by atoms with Gasteiger partial charge in [0.2, 0.25) is 0 Å². The fourth-order valence-electron chi connectivity index (χ4n) is 1.36. The highest BCUT2D eigenvalue weighted by Crippen LogP contribution is 2.29. The Morgan fingerprint density at radius 1 is 1.41 bits per heavy atom. The molecular weight excluding hydrogens is 231 g/mol. The van der Waals surface area contributed by atoms with Gasteiger partial charge in [0.25, 0.3) is 0 Å². The van der Waals surface area contributed by atoms with Crippen LogP contribution in [0.25, 0.3) is 0 Å². The molecule has 1 aromatic carbocycles. The number of carbonyl (C=O) groups is 1. The van der Waals surface area contributed by atoms with Crippen LogP contribution in [0.4, 0.5) is 13.2 Å². The Morgan fingerprint density at radius 3 is 2.59 bits per heavy atom. The predicted molar refractivity (Wildman–Crippen MR) is 58.4 cm³/mol. The SMILES string of the molecule is CC(CN)C(=O)Cc1cccc(C(F)(F)F)c1. The molecule has 1 rings (SSSR count). The normalized spacial score (nSPS) is 13.5. The Balaban J connectivity index is 2.83. The van der Waals surface area contributed by atoms with Gasteiger partial charge in [0.05, 0.1) is 5.56 Å². The fraction of sp³-hybridized carbons (Fsp3) is 0.417. The molecule has 17 heavy (non-hydrogen) atoms. The standard InChI is InChI=1S/C12H14F3NO/c1-8(7-16)11(17)6-9-3-2-4-10(5-9)12(13,14)15/h2-5,8H,6-7,16H2,1H3. The number of halogens is 3. The minimum Gasteiger partial charge on any atom is -0.330 e. The van der Waals surface area contributed by atoms with Gasteiger partial charge in [-0.2, -0.15) is 13.2 Å². The van der Waals surface area contributed by atoms with E-state index in [2.05, 4.69) is 0 Å². The van der Waals surface area contributed by atoms with Crippen molar-refractivity contribution in [1.82, 2.24) is 0 Å². The van der Waals surface area contributed by atoms with Gasteiger partial charge in [-0.3, -0.25) is 4.79 Å². The van der Waals surface area contributed by atoms with Crippen LogP contribution in [0.3, 0.4) is 0 Å². The molecule has 0 saturated carbocycles. The van der Waals surface area contributed by atoms with Crippen molar-refractivity contribution in [3.8, 4) is 0 Å². The van der Waals surface area contributed by atoms with Crippen LogP contribution < -0.4 is 5.73 Å². The maximum atomic E-state index is 12.4. The second-order valence-electron chi connectivity index (χ2n) is 3.98. The van der Waals surface area contributed by atoms with Gasteiger partial charge < -0.3 is 5.73 Å². The first-order valence-corrected chi connectivity index (χ1v) is 5.23. The topological polar surface area (TPSA) is 43.1 Å². The molecule has 0 amide bonds. The van der Waals surface area contributed by atoms with E-state index in [4.69, 9.17) is 5.73 Å². The van der Waals surface area contributed by atoms with Gasteiger partial charge in [0, 0.05) is 18.9 Å². The molecule has 0 aliphatic rings. The zero-order chi connectivity index (χ0) is 13.1. The molecule has 2 nitrogen and oxygen atoms in total. The highest BCUT2D eigenvalue weighted by molar-refractivity contribution is 5.83. The first-order chi connectivity index (χ1) is 7.84. The van der Waals surface area contributed by atoms with Crippen molar-refractivity contribution >= 4 is 5.78 Å². The molecular formula is C12H14F3NO. The third-order valence-electron chi connectivity index (χ3n) is 2.54. The van der Waals surface area contributed by atoms with Crippen LogP contribution in [-0.4, -0.2) is 12.3 Å². The molecule has 0 heterocycles. The summed E-state index contributed by atoms with van der Waals surface area (Å²) in [6.45, 7) is 1.87. The molecule has 1 unspecified atom stereocenters. The maximum Gasteiger partial charge on any atom is 0.416 e. The van der Waals surface area contributed by atoms with E-state index in [-0.39, 0.29) is 24.7 Å². The van der Waals surface area contributed by atoms with Crippen LogP contribution in [0.1, 0.15) is 18.1 Å². The summed E-state index contributed by atoms with van der Waals surface area (Å²) in [5, 5.41) is 0. The van der Waals surface area contributed by atoms with E-state index in [0.717, 1.165) is 12.1 Å². The van der Waals surface area contributed by atoms with E-state index >= 15 is 0 Å². The number of hydrogen-bond acceptors (Lipinski definition) is 2. The van der Waals surface area contributed by atoms with Gasteiger partial charge in [0.15, 0.2) is 0 Å². The Morgan fingerprint density at radius 2 is 2.06 bits per heavy atom. The summed E-state index contributed by atoms with van der Waals surface area (Å²) in [5.41, 5.74) is 4.96. The lowest BCUT2D eigenvalue weighted by Gasteiger charge is -2.10. The van der Waals surface area contributed by atoms with Crippen LogP contribution in [0, 0.1) is 5.92 Å². The summed E-state index contributed by atoms with van der Waals surface area (Å²) in [4.78, 5) is 11.5. The highest BCUT2D eigenvalue weighted by atomic mass is 19.4. The molecule has 94 valence electrons. The van der Waals surface area contributed by atoms with Crippen LogP contribution in [0.2, 0.25) is 0 Å². The third kappa shape index (κ3) is 3.85. The van der Waals surface area contributed by atoms with Gasteiger partial charge in [-0.25, -0.2) is 0 Å². The molecule has 0 aliphatic carbocycles. The first kappa shape index (κ1) is 13.7. The molecule has 0 aromatic heterocycles. The van der Waals surface area contributed by atoms with Gasteiger partial charge in [-0.15, -0.1) is 0 Å². The molecule has 1 atom stereocenters. The number of benzene rings is 1. The summed E-state index contributed by atoms with van der Waals surface area (Å²) in [7, 11) is 0. The van der Waals surface area contributed by atoms with Gasteiger partial charge >= 0.3 is 6.18 Å². The van der Waals surface area contributed by atoms with Crippen molar-refractivity contribution in [2.24, 2.45) is 11.7 Å². The smallest absolute Gasteiger partial charge is 0.330 e. The first-order valence-electron chi connectivity index (χ1n) is 5.23. The van der Waals surface area contributed by atoms with E-state index < -0.39 is 11.7 Å². The second-order valence-corrected chi connectivity index (χ2v) is 3.98. The lowest BCUT2D eigenvalue weighted by Crippen LogP contribution is -2.22. The van der Waals surface area contributed by atoms with Crippen LogP contribution in [-0.2, 0) is 17.4 Å². The van der Waals surface area contributed by atoms with Crippen molar-refractivity contribution in [2.75, 3.05) is 6.54 Å². The number of hydrogen-bond donors (Lipinski definition) is 1. The molecule has 5 heteroatoms. The summed E-state index contributed by atoms with van der Waals surface area (Å²) < 4.78 is 37.3. The molecule has 0 radical (unpaired) electrons. The Kier molecular flexibility index (Phi) is 4.28. The van der Waals surface area contributed by atoms with E-state index in [1.807, 2.05) is 0 Å².